The van der Waals surface area contributed by atoms with E-state index in [1.54, 1.807) is 0 Å². The topological polar surface area (TPSA) is 44.3 Å². The average molecular weight is 267 g/mol. The number of piperazine rings is 1. The van der Waals surface area contributed by atoms with Crippen LogP contribution in [-0.2, 0) is 0 Å². The molecule has 1 N–H and O–H groups in total. The highest BCUT2D eigenvalue weighted by Crippen LogP contribution is 2.25. The van der Waals surface area contributed by atoms with Gasteiger partial charge in [-0.2, -0.15) is 4.98 Å². The van der Waals surface area contributed by atoms with E-state index in [0.717, 1.165) is 26.2 Å². The molecule has 1 aliphatic rings. The van der Waals surface area contributed by atoms with E-state index in [2.05, 4.69) is 41.1 Å². The van der Waals surface area contributed by atoms with Crippen LogP contribution in [0.25, 0.3) is 0 Å². The van der Waals surface area contributed by atoms with E-state index in [-0.39, 0.29) is 11.4 Å². The van der Waals surface area contributed by atoms with Crippen LogP contribution in [0, 0.1) is 5.82 Å². The molecule has 106 valence electrons. The van der Waals surface area contributed by atoms with E-state index >= 15 is 0 Å². The third-order valence-electron chi connectivity index (χ3n) is 3.68. The van der Waals surface area contributed by atoms with Gasteiger partial charge in [0.2, 0.25) is 5.95 Å². The van der Waals surface area contributed by atoms with Crippen LogP contribution in [0.4, 0.5) is 16.2 Å². The van der Waals surface area contributed by atoms with Crippen molar-refractivity contribution in [1.82, 2.24) is 14.9 Å². The second kappa shape index (κ2) is 5.28. The smallest absolute Gasteiger partial charge is 0.224 e. The summed E-state index contributed by atoms with van der Waals surface area (Å²) in [6.07, 6.45) is 1.24. The predicted molar refractivity (Wildman–Crippen MR) is 75.1 cm³/mol. The Labute approximate surface area is 113 Å². The number of hydrogen-bond donors (Lipinski definition) is 1. The summed E-state index contributed by atoms with van der Waals surface area (Å²) in [4.78, 5) is 12.5. The summed E-state index contributed by atoms with van der Waals surface area (Å²) in [6, 6.07) is 0. The van der Waals surface area contributed by atoms with Gasteiger partial charge in [-0.3, -0.25) is 4.90 Å². The minimum absolute atomic E-state index is 0.00792. The van der Waals surface area contributed by atoms with E-state index in [1.165, 1.54) is 6.20 Å². The normalized spacial score (nSPS) is 19.5. The SMILES string of the molecule is CCNc1ncc(F)c(N2CCN(C)C(C)(C)C2)n1. The summed E-state index contributed by atoms with van der Waals surface area (Å²) < 4.78 is 13.9. The van der Waals surface area contributed by atoms with Crippen LogP contribution in [0.1, 0.15) is 20.8 Å². The number of hydrogen-bond acceptors (Lipinski definition) is 5. The van der Waals surface area contributed by atoms with Crippen molar-refractivity contribution in [2.24, 2.45) is 0 Å². The quantitative estimate of drug-likeness (QED) is 0.900. The van der Waals surface area contributed by atoms with Gasteiger partial charge in [0.25, 0.3) is 0 Å². The number of halogens is 1. The van der Waals surface area contributed by atoms with Gasteiger partial charge in [0.1, 0.15) is 0 Å². The van der Waals surface area contributed by atoms with Crippen molar-refractivity contribution < 1.29 is 4.39 Å². The van der Waals surface area contributed by atoms with Crippen LogP contribution in [-0.4, -0.2) is 53.6 Å². The Morgan fingerprint density at radius 1 is 1.42 bits per heavy atom. The Kier molecular flexibility index (Phi) is 3.89. The van der Waals surface area contributed by atoms with Crippen molar-refractivity contribution in [3.8, 4) is 0 Å². The lowest BCUT2D eigenvalue weighted by atomic mass is 10.00. The van der Waals surface area contributed by atoms with Gasteiger partial charge >= 0.3 is 0 Å². The molecule has 0 radical (unpaired) electrons. The van der Waals surface area contributed by atoms with Crippen LogP contribution in [0.5, 0.6) is 0 Å². The van der Waals surface area contributed by atoms with Crippen molar-refractivity contribution in [2.75, 3.05) is 43.4 Å². The number of aromatic nitrogens is 2. The summed E-state index contributed by atoms with van der Waals surface area (Å²) in [5.74, 6) is 0.518. The monoisotopic (exact) mass is 267 g/mol. The maximum atomic E-state index is 13.9. The molecule has 0 bridgehead atoms. The van der Waals surface area contributed by atoms with Crippen molar-refractivity contribution in [2.45, 2.75) is 26.3 Å². The molecule has 0 spiro atoms. The van der Waals surface area contributed by atoms with Gasteiger partial charge in [0, 0.05) is 31.7 Å². The molecule has 1 saturated heterocycles. The fourth-order valence-electron chi connectivity index (χ4n) is 2.24. The zero-order chi connectivity index (χ0) is 14.0. The van der Waals surface area contributed by atoms with E-state index < -0.39 is 0 Å². The highest BCUT2D eigenvalue weighted by molar-refractivity contribution is 5.45. The maximum Gasteiger partial charge on any atom is 0.224 e. The lowest BCUT2D eigenvalue weighted by molar-refractivity contribution is 0.138. The van der Waals surface area contributed by atoms with Gasteiger partial charge in [-0.1, -0.05) is 0 Å². The van der Waals surface area contributed by atoms with Crippen LogP contribution in [0.2, 0.25) is 0 Å². The molecule has 19 heavy (non-hydrogen) atoms. The first-order valence-corrected chi connectivity index (χ1v) is 6.66. The van der Waals surface area contributed by atoms with Gasteiger partial charge in [0.15, 0.2) is 11.6 Å². The largest absolute Gasteiger partial charge is 0.354 e. The molecule has 1 aliphatic heterocycles. The minimum atomic E-state index is -0.359. The average Bonchev–Trinajstić information content (AvgIpc) is 2.35. The molecule has 5 nitrogen and oxygen atoms in total. The number of nitrogens with zero attached hydrogens (tertiary/aromatic N) is 4. The van der Waals surface area contributed by atoms with Crippen molar-refractivity contribution in [3.05, 3.63) is 12.0 Å². The summed E-state index contributed by atoms with van der Waals surface area (Å²) >= 11 is 0. The number of likely N-dealkylation sites (N-methyl/N-ethyl adjacent to an activating group) is 1. The van der Waals surface area contributed by atoms with Gasteiger partial charge in [-0.05, 0) is 27.8 Å². The maximum absolute atomic E-state index is 13.9. The van der Waals surface area contributed by atoms with Crippen LogP contribution >= 0.6 is 0 Å². The molecule has 1 fully saturated rings. The molecule has 0 amide bonds. The Morgan fingerprint density at radius 2 is 2.16 bits per heavy atom. The molecule has 2 rings (SSSR count). The first kappa shape index (κ1) is 14.0. The third kappa shape index (κ3) is 2.94. The molecule has 0 atom stereocenters. The minimum Gasteiger partial charge on any atom is -0.354 e. The first-order valence-electron chi connectivity index (χ1n) is 6.66. The molecule has 6 heteroatoms. The number of anilines is 2. The van der Waals surface area contributed by atoms with E-state index in [1.807, 2.05) is 11.8 Å². The van der Waals surface area contributed by atoms with Gasteiger partial charge < -0.3 is 10.2 Å². The molecule has 0 saturated carbocycles. The third-order valence-corrected chi connectivity index (χ3v) is 3.68. The highest BCUT2D eigenvalue weighted by Gasteiger charge is 2.32. The van der Waals surface area contributed by atoms with Crippen molar-refractivity contribution in [3.63, 3.8) is 0 Å². The summed E-state index contributed by atoms with van der Waals surface area (Å²) in [5, 5.41) is 3.02. The standard InChI is InChI=1S/C13H22FN5/c1-5-15-12-16-8-10(14)11(17-12)19-7-6-18(4)13(2,3)9-19/h8H,5-7,9H2,1-4H3,(H,15,16,17). The predicted octanol–water partition coefficient (Wildman–Crippen LogP) is 1.58. The van der Waals surface area contributed by atoms with E-state index in [0.29, 0.717) is 11.8 Å². The highest BCUT2D eigenvalue weighted by atomic mass is 19.1. The fourth-order valence-corrected chi connectivity index (χ4v) is 2.24. The summed E-state index contributed by atoms with van der Waals surface area (Å²) in [5.41, 5.74) is 0.00792. The second-order valence-corrected chi connectivity index (χ2v) is 5.55. The summed E-state index contributed by atoms with van der Waals surface area (Å²) in [6.45, 7) is 9.42. The van der Waals surface area contributed by atoms with Gasteiger partial charge in [-0.15, -0.1) is 0 Å². The molecule has 1 aromatic rings. The summed E-state index contributed by atoms with van der Waals surface area (Å²) in [7, 11) is 2.09. The van der Waals surface area contributed by atoms with Crippen LogP contribution in [0.15, 0.2) is 6.20 Å². The second-order valence-electron chi connectivity index (χ2n) is 5.55. The van der Waals surface area contributed by atoms with E-state index in [4.69, 9.17) is 0 Å². The molecule has 1 aromatic heterocycles. The van der Waals surface area contributed by atoms with Gasteiger partial charge in [-0.25, -0.2) is 9.37 Å². The Hall–Kier alpha value is -1.43. The molecular weight excluding hydrogens is 245 g/mol. The van der Waals surface area contributed by atoms with Crippen molar-refractivity contribution >= 4 is 11.8 Å². The molecule has 0 unspecified atom stereocenters. The number of rotatable bonds is 3. The molecular formula is C13H22FN5. The molecule has 2 heterocycles. The van der Waals surface area contributed by atoms with Crippen LogP contribution in [0.3, 0.4) is 0 Å². The Morgan fingerprint density at radius 3 is 2.79 bits per heavy atom. The molecule has 0 aromatic carbocycles. The first-order chi connectivity index (χ1) is 8.94. The van der Waals surface area contributed by atoms with E-state index in [9.17, 15) is 4.39 Å². The zero-order valence-corrected chi connectivity index (χ0v) is 12.1. The molecule has 0 aliphatic carbocycles. The lowest BCUT2D eigenvalue weighted by Gasteiger charge is -2.45. The Balaban J connectivity index is 2.24. The number of nitrogens with one attached hydrogen (secondary N) is 1. The lowest BCUT2D eigenvalue weighted by Crippen LogP contribution is -2.58. The Bertz CT molecular complexity index is 449. The van der Waals surface area contributed by atoms with Gasteiger partial charge in [0.05, 0.1) is 6.20 Å². The van der Waals surface area contributed by atoms with Crippen molar-refractivity contribution in [1.29, 1.82) is 0 Å². The fraction of sp³-hybridized carbons (Fsp3) is 0.692. The zero-order valence-electron chi connectivity index (χ0n) is 12.1. The van der Waals surface area contributed by atoms with Crippen LogP contribution < -0.4 is 10.2 Å².